The second-order valence-electron chi connectivity index (χ2n) is 3.62. The summed E-state index contributed by atoms with van der Waals surface area (Å²) in [6.45, 7) is 0.191. The molecule has 20 heavy (non-hydrogen) atoms. The first-order valence-corrected chi connectivity index (χ1v) is 6.42. The third kappa shape index (κ3) is 4.24. The van der Waals surface area contributed by atoms with Gasteiger partial charge in [0.15, 0.2) is 4.47 Å². The van der Waals surface area contributed by atoms with Crippen molar-refractivity contribution < 1.29 is 22.3 Å². The van der Waals surface area contributed by atoms with Crippen LogP contribution >= 0.6 is 22.9 Å². The smallest absolute Gasteiger partial charge is 0.406 e. The van der Waals surface area contributed by atoms with E-state index in [4.69, 9.17) is 11.6 Å². The quantitative estimate of drug-likeness (QED) is 0.843. The molecule has 0 aliphatic heterocycles. The summed E-state index contributed by atoms with van der Waals surface area (Å²) >= 11 is 6.82. The van der Waals surface area contributed by atoms with Gasteiger partial charge in [0.2, 0.25) is 0 Å². The number of nitrogens with zero attached hydrogens (tertiary/aromatic N) is 1. The molecular weight excluding hydrogens is 320 g/mol. The van der Waals surface area contributed by atoms with Gasteiger partial charge in [-0.2, -0.15) is 0 Å². The van der Waals surface area contributed by atoms with Crippen molar-refractivity contribution in [1.29, 1.82) is 0 Å². The number of benzene rings is 1. The maximum absolute atomic E-state index is 13.5. The van der Waals surface area contributed by atoms with Crippen LogP contribution in [-0.4, -0.2) is 11.3 Å². The molecule has 1 N–H and O–H groups in total. The molecule has 9 heteroatoms. The van der Waals surface area contributed by atoms with E-state index in [1.807, 2.05) is 0 Å². The predicted octanol–water partition coefficient (Wildman–Crippen LogP) is 4.45. The summed E-state index contributed by atoms with van der Waals surface area (Å²) < 4.78 is 53.7. The molecule has 3 nitrogen and oxygen atoms in total. The first-order chi connectivity index (χ1) is 9.33. The van der Waals surface area contributed by atoms with Gasteiger partial charge in [-0.15, -0.1) is 24.5 Å². The van der Waals surface area contributed by atoms with Crippen LogP contribution in [0.4, 0.5) is 23.2 Å². The SMILES string of the molecule is Fc1ccc(OC(F)(F)F)cc1NCc1cnc(Cl)s1. The second-order valence-corrected chi connectivity index (χ2v) is 5.32. The van der Waals surface area contributed by atoms with Crippen LogP contribution in [0.3, 0.4) is 0 Å². The zero-order chi connectivity index (χ0) is 14.8. The number of alkyl halides is 3. The van der Waals surface area contributed by atoms with Gasteiger partial charge in [-0.1, -0.05) is 11.6 Å². The Labute approximate surface area is 120 Å². The molecule has 0 spiro atoms. The van der Waals surface area contributed by atoms with Gasteiger partial charge in [0.25, 0.3) is 0 Å². The molecule has 0 amide bonds. The van der Waals surface area contributed by atoms with Crippen LogP contribution < -0.4 is 10.1 Å². The van der Waals surface area contributed by atoms with E-state index in [9.17, 15) is 17.6 Å². The van der Waals surface area contributed by atoms with Crippen LogP contribution in [-0.2, 0) is 6.54 Å². The molecule has 0 aliphatic carbocycles. The summed E-state index contributed by atoms with van der Waals surface area (Å²) in [4.78, 5) is 4.51. The third-order valence-electron chi connectivity index (χ3n) is 2.15. The standard InChI is InChI=1S/C11H7ClF4N2OS/c12-10-18-5-7(20-10)4-17-9-3-6(1-2-8(9)13)19-11(14,15)16/h1-3,5,17H,4H2. The van der Waals surface area contributed by atoms with Crippen molar-refractivity contribution in [3.8, 4) is 5.75 Å². The highest BCUT2D eigenvalue weighted by Gasteiger charge is 2.31. The summed E-state index contributed by atoms with van der Waals surface area (Å²) in [5.41, 5.74) is -0.101. The van der Waals surface area contributed by atoms with Crippen LogP contribution in [0.5, 0.6) is 5.75 Å². The molecule has 1 aromatic carbocycles. The Bertz CT molecular complexity index is 602. The molecule has 0 saturated carbocycles. The fourth-order valence-electron chi connectivity index (χ4n) is 1.38. The number of anilines is 1. The van der Waals surface area contributed by atoms with Crippen molar-refractivity contribution in [3.05, 3.63) is 39.6 Å². The number of nitrogens with one attached hydrogen (secondary N) is 1. The van der Waals surface area contributed by atoms with Crippen LogP contribution in [0.25, 0.3) is 0 Å². The van der Waals surface area contributed by atoms with E-state index in [1.54, 1.807) is 0 Å². The molecule has 1 aromatic heterocycles. The van der Waals surface area contributed by atoms with Crippen molar-refractivity contribution in [3.63, 3.8) is 0 Å². The van der Waals surface area contributed by atoms with Crippen LogP contribution in [0.15, 0.2) is 24.4 Å². The lowest BCUT2D eigenvalue weighted by atomic mass is 10.3. The summed E-state index contributed by atoms with van der Waals surface area (Å²) in [7, 11) is 0. The zero-order valence-corrected chi connectivity index (χ0v) is 11.2. The fraction of sp³-hybridized carbons (Fsp3) is 0.182. The van der Waals surface area contributed by atoms with E-state index in [2.05, 4.69) is 15.0 Å². The molecule has 0 saturated heterocycles. The molecule has 1 heterocycles. The van der Waals surface area contributed by atoms with Crippen molar-refractivity contribution in [2.45, 2.75) is 12.9 Å². The molecule has 108 valence electrons. The van der Waals surface area contributed by atoms with Gasteiger partial charge in [0, 0.05) is 17.1 Å². The van der Waals surface area contributed by atoms with E-state index in [0.29, 0.717) is 4.47 Å². The van der Waals surface area contributed by atoms with Crippen LogP contribution in [0.2, 0.25) is 4.47 Å². The predicted molar refractivity (Wildman–Crippen MR) is 67.5 cm³/mol. The summed E-state index contributed by atoms with van der Waals surface area (Å²) in [6.07, 6.45) is -3.33. The highest BCUT2D eigenvalue weighted by Crippen LogP contribution is 2.27. The molecule has 0 unspecified atom stereocenters. The minimum atomic E-state index is -4.82. The van der Waals surface area contributed by atoms with E-state index < -0.39 is 17.9 Å². The number of hydrogen-bond acceptors (Lipinski definition) is 4. The maximum Gasteiger partial charge on any atom is 0.573 e. The Morgan fingerprint density at radius 3 is 2.70 bits per heavy atom. The number of halogens is 5. The molecule has 0 fully saturated rings. The first kappa shape index (κ1) is 14.9. The Morgan fingerprint density at radius 1 is 1.35 bits per heavy atom. The van der Waals surface area contributed by atoms with E-state index in [-0.39, 0.29) is 12.2 Å². The number of thiazole rings is 1. The van der Waals surface area contributed by atoms with Gasteiger partial charge >= 0.3 is 6.36 Å². The molecule has 0 atom stereocenters. The number of ether oxygens (including phenoxy) is 1. The van der Waals surface area contributed by atoms with Crippen LogP contribution in [0.1, 0.15) is 4.88 Å². The first-order valence-electron chi connectivity index (χ1n) is 5.23. The van der Waals surface area contributed by atoms with Gasteiger partial charge in [0.1, 0.15) is 11.6 Å². The lowest BCUT2D eigenvalue weighted by Gasteiger charge is -2.11. The van der Waals surface area contributed by atoms with E-state index in [1.165, 1.54) is 17.5 Å². The molecular formula is C11H7ClF4N2OS. The fourth-order valence-corrected chi connectivity index (χ4v) is 2.30. The van der Waals surface area contributed by atoms with Gasteiger partial charge in [0.05, 0.1) is 12.2 Å². The van der Waals surface area contributed by atoms with Gasteiger partial charge in [-0.3, -0.25) is 0 Å². The molecule has 0 aliphatic rings. The Hall–Kier alpha value is -1.54. The Kier molecular flexibility index (Phi) is 4.34. The second kappa shape index (κ2) is 5.84. The number of aromatic nitrogens is 1. The van der Waals surface area contributed by atoms with Crippen molar-refractivity contribution in [2.75, 3.05) is 5.32 Å². The van der Waals surface area contributed by atoms with Gasteiger partial charge < -0.3 is 10.1 Å². The molecule has 0 bridgehead atoms. The van der Waals surface area contributed by atoms with Gasteiger partial charge in [-0.05, 0) is 12.1 Å². The summed E-state index contributed by atoms with van der Waals surface area (Å²) in [6, 6.07) is 2.73. The average molecular weight is 327 g/mol. The Morgan fingerprint density at radius 2 is 2.10 bits per heavy atom. The average Bonchev–Trinajstić information content (AvgIpc) is 2.74. The van der Waals surface area contributed by atoms with Gasteiger partial charge in [-0.25, -0.2) is 9.37 Å². The van der Waals surface area contributed by atoms with E-state index in [0.717, 1.165) is 23.1 Å². The largest absolute Gasteiger partial charge is 0.573 e. The van der Waals surface area contributed by atoms with Crippen molar-refractivity contribution in [2.24, 2.45) is 0 Å². The summed E-state index contributed by atoms with van der Waals surface area (Å²) in [5.74, 6) is -1.18. The number of hydrogen-bond donors (Lipinski definition) is 1. The normalized spacial score (nSPS) is 11.4. The monoisotopic (exact) mass is 326 g/mol. The summed E-state index contributed by atoms with van der Waals surface area (Å²) in [5, 5.41) is 2.66. The van der Waals surface area contributed by atoms with E-state index >= 15 is 0 Å². The Balaban J connectivity index is 2.08. The third-order valence-corrected chi connectivity index (χ3v) is 3.26. The molecule has 2 rings (SSSR count). The topological polar surface area (TPSA) is 34.1 Å². The number of rotatable bonds is 4. The minimum Gasteiger partial charge on any atom is -0.406 e. The molecule has 0 radical (unpaired) electrons. The lowest BCUT2D eigenvalue weighted by Crippen LogP contribution is -2.17. The lowest BCUT2D eigenvalue weighted by molar-refractivity contribution is -0.274. The molecule has 2 aromatic rings. The van der Waals surface area contributed by atoms with Crippen LogP contribution in [0, 0.1) is 5.82 Å². The highest BCUT2D eigenvalue weighted by atomic mass is 35.5. The highest BCUT2D eigenvalue weighted by molar-refractivity contribution is 7.15. The van der Waals surface area contributed by atoms with Crippen molar-refractivity contribution >= 4 is 28.6 Å². The zero-order valence-electron chi connectivity index (χ0n) is 9.67. The minimum absolute atomic E-state index is 0.101. The maximum atomic E-state index is 13.5. The van der Waals surface area contributed by atoms with Crippen molar-refractivity contribution in [1.82, 2.24) is 4.98 Å².